The minimum atomic E-state index is -2.65. The maximum absolute atomic E-state index is 6.53. The second kappa shape index (κ2) is 18.6. The lowest BCUT2D eigenvalue weighted by Crippen LogP contribution is -2.46. The first-order valence-corrected chi connectivity index (χ1v) is 16.3. The van der Waals surface area contributed by atoms with Crippen LogP contribution in [0, 0.1) is 0 Å². The van der Waals surface area contributed by atoms with Gasteiger partial charge in [-0.1, -0.05) is 100 Å². The zero-order valence-corrected chi connectivity index (χ0v) is 24.4. The van der Waals surface area contributed by atoms with Gasteiger partial charge in [0.1, 0.15) is 5.75 Å². The highest BCUT2D eigenvalue weighted by Crippen LogP contribution is 2.34. The van der Waals surface area contributed by atoms with Crippen LogP contribution in [0.3, 0.4) is 0 Å². The van der Waals surface area contributed by atoms with E-state index in [0.29, 0.717) is 26.4 Å². The topological polar surface area (TPSA) is 36.9 Å². The first-order valence-electron chi connectivity index (χ1n) is 14.4. The summed E-state index contributed by atoms with van der Waals surface area (Å²) in [6.07, 6.45) is 12.5. The fourth-order valence-corrected chi connectivity index (χ4v) is 7.29. The van der Waals surface area contributed by atoms with Gasteiger partial charge < -0.3 is 18.0 Å². The fourth-order valence-electron chi connectivity index (χ4n) is 4.71. The molecule has 0 fully saturated rings. The van der Waals surface area contributed by atoms with Crippen molar-refractivity contribution >= 4 is 8.80 Å². The molecule has 0 aliphatic carbocycles. The molecular formula is C31H50O4Si. The average Bonchev–Trinajstić information content (AvgIpc) is 2.89. The Balaban J connectivity index is 2.03. The first-order chi connectivity index (χ1) is 17.7. The molecule has 5 heteroatoms. The second-order valence-electron chi connectivity index (χ2n) is 9.32. The van der Waals surface area contributed by atoms with E-state index < -0.39 is 8.80 Å². The molecule has 0 aliphatic rings. The molecule has 0 aliphatic heterocycles. The van der Waals surface area contributed by atoms with Gasteiger partial charge in [0.25, 0.3) is 0 Å². The van der Waals surface area contributed by atoms with E-state index in [-0.39, 0.29) is 0 Å². The molecule has 2 aromatic rings. The molecule has 202 valence electrons. The highest BCUT2D eigenvalue weighted by atomic mass is 28.4. The summed E-state index contributed by atoms with van der Waals surface area (Å²) in [6, 6.07) is 17.9. The standard InChI is InChI=1S/C31H50O4Si/c1-5-9-10-11-12-13-14-16-23-29-24-19-25-30(28-21-17-15-18-22-28)31(29)32-26-20-27-36(33-6-2,34-7-3)35-8-4/h15,17-19,21-22,24-25H,5-14,16,20,23,26-27H2,1-4H3. The van der Waals surface area contributed by atoms with Crippen LogP contribution in [0.25, 0.3) is 11.1 Å². The molecule has 0 aromatic heterocycles. The molecule has 0 saturated carbocycles. The Labute approximate surface area is 222 Å². The average molecular weight is 515 g/mol. The van der Waals surface area contributed by atoms with Gasteiger partial charge in [-0.2, -0.15) is 0 Å². The molecule has 0 heterocycles. The van der Waals surface area contributed by atoms with Crippen molar-refractivity contribution in [2.24, 2.45) is 0 Å². The Morgan fingerprint density at radius 1 is 0.611 bits per heavy atom. The molecule has 2 aromatic carbocycles. The van der Waals surface area contributed by atoms with Crippen LogP contribution in [0.15, 0.2) is 48.5 Å². The van der Waals surface area contributed by atoms with Crippen LogP contribution < -0.4 is 4.74 Å². The Bertz CT molecular complexity index is 794. The predicted octanol–water partition coefficient (Wildman–Crippen LogP) is 8.85. The third kappa shape index (κ3) is 10.8. The van der Waals surface area contributed by atoms with Crippen LogP contribution in [-0.2, 0) is 19.7 Å². The van der Waals surface area contributed by atoms with E-state index in [4.69, 9.17) is 18.0 Å². The van der Waals surface area contributed by atoms with Crippen LogP contribution in [0.1, 0.15) is 91.0 Å². The molecule has 0 spiro atoms. The van der Waals surface area contributed by atoms with Gasteiger partial charge in [0.2, 0.25) is 0 Å². The number of hydrogen-bond donors (Lipinski definition) is 0. The quantitative estimate of drug-likeness (QED) is 0.123. The number of para-hydroxylation sites is 1. The summed E-state index contributed by atoms with van der Waals surface area (Å²) < 4.78 is 24.6. The van der Waals surface area contributed by atoms with Crippen molar-refractivity contribution in [1.29, 1.82) is 0 Å². The van der Waals surface area contributed by atoms with Crippen molar-refractivity contribution < 1.29 is 18.0 Å². The molecule has 0 saturated heterocycles. The van der Waals surface area contributed by atoms with Gasteiger partial charge in [0, 0.05) is 31.4 Å². The van der Waals surface area contributed by atoms with Gasteiger partial charge in [-0.15, -0.1) is 0 Å². The minimum absolute atomic E-state index is 0.604. The molecular weight excluding hydrogens is 464 g/mol. The van der Waals surface area contributed by atoms with E-state index in [9.17, 15) is 0 Å². The SMILES string of the molecule is CCCCCCCCCCc1cccc(-c2ccccc2)c1OCCC[Si](OCC)(OCC)OCC. The molecule has 0 unspecified atom stereocenters. The lowest BCUT2D eigenvalue weighted by Gasteiger charge is -2.28. The summed E-state index contributed by atoms with van der Waals surface area (Å²) in [4.78, 5) is 0. The zero-order valence-electron chi connectivity index (χ0n) is 23.4. The van der Waals surface area contributed by atoms with Gasteiger partial charge in [-0.25, -0.2) is 0 Å². The maximum atomic E-state index is 6.53. The summed E-state index contributed by atoms with van der Waals surface area (Å²) in [5.41, 5.74) is 3.69. The van der Waals surface area contributed by atoms with Crippen molar-refractivity contribution in [3.63, 3.8) is 0 Å². The van der Waals surface area contributed by atoms with E-state index in [1.807, 2.05) is 20.8 Å². The molecule has 36 heavy (non-hydrogen) atoms. The van der Waals surface area contributed by atoms with Gasteiger partial charge >= 0.3 is 8.80 Å². The largest absolute Gasteiger partial charge is 0.501 e. The molecule has 4 nitrogen and oxygen atoms in total. The van der Waals surface area contributed by atoms with Crippen LogP contribution in [-0.4, -0.2) is 35.2 Å². The van der Waals surface area contributed by atoms with Gasteiger partial charge in [-0.05, 0) is 51.2 Å². The van der Waals surface area contributed by atoms with Gasteiger partial charge in [0.15, 0.2) is 0 Å². The van der Waals surface area contributed by atoms with Crippen molar-refractivity contribution in [2.45, 2.75) is 97.9 Å². The summed E-state index contributed by atoms with van der Waals surface area (Å²) >= 11 is 0. The Kier molecular flexibility index (Phi) is 15.8. The lowest BCUT2D eigenvalue weighted by molar-refractivity contribution is 0.0696. The third-order valence-corrected chi connectivity index (χ3v) is 9.60. The van der Waals surface area contributed by atoms with Crippen LogP contribution >= 0.6 is 0 Å². The zero-order chi connectivity index (χ0) is 25.9. The lowest BCUT2D eigenvalue weighted by atomic mass is 9.98. The van der Waals surface area contributed by atoms with Crippen LogP contribution in [0.2, 0.25) is 6.04 Å². The van der Waals surface area contributed by atoms with E-state index in [0.717, 1.165) is 24.6 Å². The summed E-state index contributed by atoms with van der Waals surface area (Å²) in [6.45, 7) is 10.7. The number of hydrogen-bond acceptors (Lipinski definition) is 4. The first kappa shape index (κ1) is 30.6. The molecule has 0 bridgehead atoms. The Hall–Kier alpha value is -1.66. The predicted molar refractivity (Wildman–Crippen MR) is 154 cm³/mol. The van der Waals surface area contributed by atoms with E-state index in [1.165, 1.54) is 68.1 Å². The number of rotatable bonds is 21. The van der Waals surface area contributed by atoms with E-state index in [1.54, 1.807) is 0 Å². The van der Waals surface area contributed by atoms with Gasteiger partial charge in [0.05, 0.1) is 6.61 Å². The number of aryl methyl sites for hydroxylation is 1. The highest BCUT2D eigenvalue weighted by molar-refractivity contribution is 6.60. The van der Waals surface area contributed by atoms with Crippen molar-refractivity contribution in [1.82, 2.24) is 0 Å². The maximum Gasteiger partial charge on any atom is 0.501 e. The fraction of sp³-hybridized carbons (Fsp3) is 0.613. The smallest absolute Gasteiger partial charge is 0.493 e. The van der Waals surface area contributed by atoms with Crippen molar-refractivity contribution in [3.8, 4) is 16.9 Å². The molecule has 0 atom stereocenters. The minimum Gasteiger partial charge on any atom is -0.493 e. The number of benzene rings is 2. The van der Waals surface area contributed by atoms with Crippen molar-refractivity contribution in [2.75, 3.05) is 26.4 Å². The van der Waals surface area contributed by atoms with E-state index >= 15 is 0 Å². The number of ether oxygens (including phenoxy) is 1. The van der Waals surface area contributed by atoms with Crippen LogP contribution in [0.5, 0.6) is 5.75 Å². The van der Waals surface area contributed by atoms with Gasteiger partial charge in [-0.3, -0.25) is 0 Å². The van der Waals surface area contributed by atoms with Crippen LogP contribution in [0.4, 0.5) is 0 Å². The highest BCUT2D eigenvalue weighted by Gasteiger charge is 2.39. The molecule has 2 rings (SSSR count). The summed E-state index contributed by atoms with van der Waals surface area (Å²) in [7, 11) is -2.65. The van der Waals surface area contributed by atoms with E-state index in [2.05, 4.69) is 55.5 Å². The normalized spacial score (nSPS) is 11.7. The van der Waals surface area contributed by atoms with Crippen molar-refractivity contribution in [3.05, 3.63) is 54.1 Å². The Morgan fingerprint density at radius 3 is 1.83 bits per heavy atom. The summed E-state index contributed by atoms with van der Waals surface area (Å²) in [5, 5.41) is 0. The number of unbranched alkanes of at least 4 members (excludes halogenated alkanes) is 7. The Morgan fingerprint density at radius 2 is 1.22 bits per heavy atom. The molecule has 0 amide bonds. The molecule has 0 N–H and O–H groups in total. The second-order valence-corrected chi connectivity index (χ2v) is 12.1. The monoisotopic (exact) mass is 514 g/mol. The third-order valence-electron chi connectivity index (χ3n) is 6.45. The summed E-state index contributed by atoms with van der Waals surface area (Å²) in [5.74, 6) is 1.03. The molecule has 0 radical (unpaired) electrons.